The van der Waals surface area contributed by atoms with Crippen LogP contribution in [0, 0.1) is 0 Å². The predicted molar refractivity (Wildman–Crippen MR) is 84.7 cm³/mol. The summed E-state index contributed by atoms with van der Waals surface area (Å²) in [5.74, 6) is 0. The predicted octanol–water partition coefficient (Wildman–Crippen LogP) is 3.13. The first-order chi connectivity index (χ1) is 10.3. The lowest BCUT2D eigenvalue weighted by Gasteiger charge is -2.03. The molecule has 0 aliphatic rings. The number of thiophene rings is 1. The first kappa shape index (κ1) is 14.0. The van der Waals surface area contributed by atoms with Crippen molar-refractivity contribution in [3.8, 4) is 0 Å². The van der Waals surface area contributed by atoms with E-state index in [4.69, 9.17) is 4.74 Å². The second-order valence-corrected chi connectivity index (χ2v) is 5.92. The highest BCUT2D eigenvalue weighted by molar-refractivity contribution is 7.18. The Labute approximate surface area is 126 Å². The largest absolute Gasteiger partial charge is 0.377 e. The molecule has 0 spiro atoms. The third-order valence-corrected chi connectivity index (χ3v) is 4.31. The van der Waals surface area contributed by atoms with Crippen molar-refractivity contribution >= 4 is 21.6 Å². The summed E-state index contributed by atoms with van der Waals surface area (Å²) in [4.78, 5) is 20.4. The molecule has 1 aromatic carbocycles. The third-order valence-electron chi connectivity index (χ3n) is 3.21. The Balaban J connectivity index is 1.48. The van der Waals surface area contributed by atoms with Crippen molar-refractivity contribution < 1.29 is 4.74 Å². The van der Waals surface area contributed by atoms with Gasteiger partial charge >= 0.3 is 0 Å². The summed E-state index contributed by atoms with van der Waals surface area (Å²) >= 11 is 1.58. The van der Waals surface area contributed by atoms with Crippen LogP contribution in [-0.2, 0) is 17.8 Å². The number of rotatable bonds is 6. The first-order valence-corrected chi connectivity index (χ1v) is 7.72. The molecule has 0 atom stereocenters. The lowest BCUT2D eigenvalue weighted by atomic mass is 10.2. The minimum absolute atomic E-state index is 0.0668. The summed E-state index contributed by atoms with van der Waals surface area (Å²) in [7, 11) is 0. The quantitative estimate of drug-likeness (QED) is 0.712. The number of benzene rings is 1. The Morgan fingerprint density at radius 1 is 1.24 bits per heavy atom. The van der Waals surface area contributed by atoms with E-state index in [9.17, 15) is 4.79 Å². The molecule has 0 saturated heterocycles. The number of hydrogen-bond donors (Lipinski definition) is 1. The topological polar surface area (TPSA) is 55.0 Å². The monoisotopic (exact) mass is 300 g/mol. The van der Waals surface area contributed by atoms with Crippen LogP contribution < -0.4 is 5.56 Å². The van der Waals surface area contributed by atoms with Crippen molar-refractivity contribution in [3.63, 3.8) is 0 Å². The maximum absolute atomic E-state index is 11.6. The van der Waals surface area contributed by atoms with Gasteiger partial charge < -0.3 is 9.72 Å². The van der Waals surface area contributed by atoms with Gasteiger partial charge in [0.05, 0.1) is 18.3 Å². The summed E-state index contributed by atoms with van der Waals surface area (Å²) in [6.45, 7) is 1.36. The molecule has 21 heavy (non-hydrogen) atoms. The standard InChI is InChI=1S/C16H16N2O2S/c19-15-14-9-13(21-16(14)18-11-17-15)7-4-8-20-10-12-5-2-1-3-6-12/h1-3,5-6,9,11H,4,7-8,10H2,(H,17,18,19). The van der Waals surface area contributed by atoms with Crippen molar-refractivity contribution in [3.05, 3.63) is 63.5 Å². The molecule has 2 aromatic heterocycles. The van der Waals surface area contributed by atoms with E-state index in [1.807, 2.05) is 24.3 Å². The molecule has 0 aliphatic heterocycles. The van der Waals surface area contributed by atoms with E-state index in [1.165, 1.54) is 16.8 Å². The Hall–Kier alpha value is -1.98. The van der Waals surface area contributed by atoms with Crippen LogP contribution in [0.5, 0.6) is 0 Å². The van der Waals surface area contributed by atoms with Gasteiger partial charge in [0, 0.05) is 11.5 Å². The number of aromatic nitrogens is 2. The second-order valence-electron chi connectivity index (χ2n) is 4.80. The molecule has 0 aliphatic carbocycles. The van der Waals surface area contributed by atoms with Crippen LogP contribution in [-0.4, -0.2) is 16.6 Å². The van der Waals surface area contributed by atoms with Gasteiger partial charge in [-0.15, -0.1) is 11.3 Å². The van der Waals surface area contributed by atoms with E-state index in [0.29, 0.717) is 18.6 Å². The molecular weight excluding hydrogens is 284 g/mol. The van der Waals surface area contributed by atoms with Crippen molar-refractivity contribution in [2.45, 2.75) is 19.4 Å². The summed E-state index contributed by atoms with van der Waals surface area (Å²) in [6, 6.07) is 12.1. The molecule has 0 radical (unpaired) electrons. The zero-order chi connectivity index (χ0) is 14.5. The molecule has 5 heteroatoms. The highest BCUT2D eigenvalue weighted by atomic mass is 32.1. The third kappa shape index (κ3) is 3.56. The number of fused-ring (bicyclic) bond motifs is 1. The number of nitrogens with one attached hydrogen (secondary N) is 1. The molecule has 0 unspecified atom stereocenters. The van der Waals surface area contributed by atoms with Gasteiger partial charge in [-0.3, -0.25) is 4.79 Å². The molecule has 4 nitrogen and oxygen atoms in total. The second kappa shape index (κ2) is 6.65. The maximum Gasteiger partial charge on any atom is 0.259 e. The Morgan fingerprint density at radius 3 is 2.90 bits per heavy atom. The molecule has 108 valence electrons. The van der Waals surface area contributed by atoms with Crippen molar-refractivity contribution in [2.75, 3.05) is 6.61 Å². The number of aromatic amines is 1. The Morgan fingerprint density at radius 2 is 2.10 bits per heavy atom. The molecule has 3 aromatic rings. The van der Waals surface area contributed by atoms with Gasteiger partial charge in [0.15, 0.2) is 0 Å². The fourth-order valence-corrected chi connectivity index (χ4v) is 3.19. The summed E-state index contributed by atoms with van der Waals surface area (Å²) in [6.07, 6.45) is 3.31. The number of ether oxygens (including phenoxy) is 1. The van der Waals surface area contributed by atoms with Crippen LogP contribution in [0.1, 0.15) is 16.9 Å². The van der Waals surface area contributed by atoms with E-state index in [1.54, 1.807) is 11.3 Å². The SMILES string of the molecule is O=c1[nH]cnc2sc(CCCOCc3ccccc3)cc12. The Kier molecular flexibility index (Phi) is 4.43. The van der Waals surface area contributed by atoms with E-state index < -0.39 is 0 Å². The minimum Gasteiger partial charge on any atom is -0.377 e. The summed E-state index contributed by atoms with van der Waals surface area (Å²) in [5, 5.41) is 0.683. The van der Waals surface area contributed by atoms with Crippen LogP contribution in [0.4, 0.5) is 0 Å². The highest BCUT2D eigenvalue weighted by Gasteiger charge is 2.05. The van der Waals surface area contributed by atoms with Crippen LogP contribution in [0.25, 0.3) is 10.2 Å². The van der Waals surface area contributed by atoms with Crippen LogP contribution in [0.3, 0.4) is 0 Å². The maximum atomic E-state index is 11.6. The molecule has 3 rings (SSSR count). The van der Waals surface area contributed by atoms with Crippen molar-refractivity contribution in [1.29, 1.82) is 0 Å². The normalized spacial score (nSPS) is 11.0. The van der Waals surface area contributed by atoms with E-state index in [0.717, 1.165) is 17.7 Å². The average Bonchev–Trinajstić information content (AvgIpc) is 2.92. The van der Waals surface area contributed by atoms with E-state index >= 15 is 0 Å². The zero-order valence-corrected chi connectivity index (χ0v) is 12.4. The zero-order valence-electron chi connectivity index (χ0n) is 11.5. The number of aryl methyl sites for hydroxylation is 1. The van der Waals surface area contributed by atoms with Gasteiger partial charge in [0.2, 0.25) is 0 Å². The van der Waals surface area contributed by atoms with Gasteiger partial charge in [-0.1, -0.05) is 30.3 Å². The first-order valence-electron chi connectivity index (χ1n) is 6.91. The van der Waals surface area contributed by atoms with Gasteiger partial charge in [-0.2, -0.15) is 0 Å². The lowest BCUT2D eigenvalue weighted by molar-refractivity contribution is 0.119. The Bertz CT molecular complexity index is 765. The minimum atomic E-state index is -0.0668. The van der Waals surface area contributed by atoms with Crippen molar-refractivity contribution in [2.24, 2.45) is 0 Å². The highest BCUT2D eigenvalue weighted by Crippen LogP contribution is 2.21. The summed E-state index contributed by atoms with van der Waals surface area (Å²) < 4.78 is 5.66. The number of hydrogen-bond acceptors (Lipinski definition) is 4. The van der Waals surface area contributed by atoms with Crippen LogP contribution >= 0.6 is 11.3 Å². The van der Waals surface area contributed by atoms with Gasteiger partial charge in [0.25, 0.3) is 5.56 Å². The van der Waals surface area contributed by atoms with Gasteiger partial charge in [-0.25, -0.2) is 4.98 Å². The van der Waals surface area contributed by atoms with Crippen LogP contribution in [0.15, 0.2) is 47.5 Å². The van der Waals surface area contributed by atoms with Crippen molar-refractivity contribution in [1.82, 2.24) is 9.97 Å². The number of H-pyrrole nitrogens is 1. The fraction of sp³-hybridized carbons (Fsp3) is 0.250. The molecule has 1 N–H and O–H groups in total. The fourth-order valence-electron chi connectivity index (χ4n) is 2.15. The van der Waals surface area contributed by atoms with Gasteiger partial charge in [0.1, 0.15) is 4.83 Å². The molecule has 0 bridgehead atoms. The molecule has 0 amide bonds. The van der Waals surface area contributed by atoms with Gasteiger partial charge in [-0.05, 0) is 24.5 Å². The van der Waals surface area contributed by atoms with E-state index in [2.05, 4.69) is 22.1 Å². The lowest BCUT2D eigenvalue weighted by Crippen LogP contribution is -2.03. The average molecular weight is 300 g/mol. The number of nitrogens with zero attached hydrogens (tertiary/aromatic N) is 1. The summed E-state index contributed by atoms with van der Waals surface area (Å²) in [5.41, 5.74) is 1.12. The van der Waals surface area contributed by atoms with E-state index in [-0.39, 0.29) is 5.56 Å². The van der Waals surface area contributed by atoms with Crippen LogP contribution in [0.2, 0.25) is 0 Å². The smallest absolute Gasteiger partial charge is 0.259 e. The molecule has 2 heterocycles. The molecule has 0 fully saturated rings. The molecular formula is C16H16N2O2S. The molecule has 0 saturated carbocycles.